The van der Waals surface area contributed by atoms with E-state index >= 15 is 0 Å². The van der Waals surface area contributed by atoms with Gasteiger partial charge in [-0.25, -0.2) is 10.5 Å². The molecular weight excluding hydrogens is 398 g/mol. The minimum atomic E-state index is -2.08. The van der Waals surface area contributed by atoms with Gasteiger partial charge in [0.1, 0.15) is 11.5 Å². The van der Waals surface area contributed by atoms with Crippen LogP contribution < -0.4 is 19.4 Å². The molecule has 0 aliphatic carbocycles. The van der Waals surface area contributed by atoms with Gasteiger partial charge in [-0.1, -0.05) is 32.4 Å². The molecule has 0 saturated heterocycles. The van der Waals surface area contributed by atoms with Gasteiger partial charge in [-0.15, -0.1) is 0 Å². The second-order valence-electron chi connectivity index (χ2n) is 7.66. The first-order chi connectivity index (χ1) is 13.1. The molecule has 28 heavy (non-hydrogen) atoms. The van der Waals surface area contributed by atoms with Crippen LogP contribution in [0.5, 0.6) is 23.3 Å². The van der Waals surface area contributed by atoms with Crippen LogP contribution in [0, 0.1) is 0 Å². The van der Waals surface area contributed by atoms with Crippen LogP contribution in [0.4, 0.5) is 5.82 Å². The minimum Gasteiger partial charge on any atom is -0.517 e. The molecule has 0 aliphatic rings. The van der Waals surface area contributed by atoms with E-state index in [1.807, 2.05) is 6.92 Å². The topological polar surface area (TPSA) is 74.7 Å². The molecule has 1 N–H and O–H groups in total. The number of nitrogens with zero attached hydrogens (tertiary/aromatic N) is 2. The van der Waals surface area contributed by atoms with Gasteiger partial charge >= 0.3 is 6.01 Å². The number of hydrogen-bond acceptors (Lipinski definition) is 7. The van der Waals surface area contributed by atoms with Crippen molar-refractivity contribution in [1.82, 2.24) is 9.97 Å². The van der Waals surface area contributed by atoms with E-state index in [0.717, 1.165) is 0 Å². The van der Waals surface area contributed by atoms with Gasteiger partial charge in [0.05, 0.1) is 24.9 Å². The Morgan fingerprint density at radius 1 is 1.18 bits per heavy atom. The van der Waals surface area contributed by atoms with E-state index in [1.54, 1.807) is 25.3 Å². The second kappa shape index (κ2) is 8.98. The lowest BCUT2D eigenvalue weighted by Gasteiger charge is -2.35. The molecule has 0 spiro atoms. The number of benzene rings is 1. The largest absolute Gasteiger partial charge is 0.517 e. The van der Waals surface area contributed by atoms with Crippen LogP contribution in [0.3, 0.4) is 0 Å². The molecule has 0 unspecified atom stereocenters. The van der Waals surface area contributed by atoms with Crippen LogP contribution in [0.1, 0.15) is 27.7 Å². The van der Waals surface area contributed by atoms with Crippen LogP contribution in [0.15, 0.2) is 24.4 Å². The minimum absolute atomic E-state index is 0.0210. The summed E-state index contributed by atoms with van der Waals surface area (Å²) in [7, 11) is -0.510. The van der Waals surface area contributed by atoms with E-state index in [0.29, 0.717) is 34.7 Å². The molecule has 1 heterocycles. The van der Waals surface area contributed by atoms with E-state index in [1.165, 1.54) is 6.20 Å². The van der Waals surface area contributed by atoms with Crippen molar-refractivity contribution in [3.63, 3.8) is 0 Å². The van der Waals surface area contributed by atoms with Crippen LogP contribution in [0.25, 0.3) is 0 Å². The van der Waals surface area contributed by atoms with Gasteiger partial charge in [-0.2, -0.15) is 4.98 Å². The van der Waals surface area contributed by atoms with E-state index < -0.39 is 8.32 Å². The van der Waals surface area contributed by atoms with Gasteiger partial charge in [0, 0.05) is 6.07 Å². The van der Waals surface area contributed by atoms with Crippen molar-refractivity contribution in [2.24, 2.45) is 0 Å². The molecule has 2 rings (SSSR count). The maximum atomic E-state index is 6.24. The Bertz CT molecular complexity index is 812. The normalized spacial score (nSPS) is 11.9. The summed E-state index contributed by atoms with van der Waals surface area (Å²) in [5, 5.41) is 0.456. The fourth-order valence-electron chi connectivity index (χ4n) is 1.88. The molecule has 1 aromatic carbocycles. The van der Waals surface area contributed by atoms with Crippen molar-refractivity contribution in [3.8, 4) is 23.3 Å². The van der Waals surface area contributed by atoms with Gasteiger partial charge in [0.15, 0.2) is 11.6 Å². The third-order valence-electron chi connectivity index (χ3n) is 4.56. The fraction of sp³-hybridized carbons (Fsp3) is 0.474. The highest BCUT2D eigenvalue weighted by atomic mass is 35.5. The molecule has 0 atom stereocenters. The Morgan fingerprint density at radius 2 is 1.89 bits per heavy atom. The molecule has 9 heteroatoms. The number of methoxy groups -OCH3 is 1. The van der Waals surface area contributed by atoms with Gasteiger partial charge in [-0.05, 0) is 37.2 Å². The zero-order valence-electron chi connectivity index (χ0n) is 17.4. The van der Waals surface area contributed by atoms with Gasteiger partial charge in [0.25, 0.3) is 8.32 Å². The second-order valence-corrected chi connectivity index (χ2v) is 12.8. The van der Waals surface area contributed by atoms with Crippen molar-refractivity contribution < 1.29 is 18.7 Å². The summed E-state index contributed by atoms with van der Waals surface area (Å²) in [6.07, 6.45) is 1.53. The van der Waals surface area contributed by atoms with E-state index in [4.69, 9.17) is 30.3 Å². The number of ether oxygens (including phenoxy) is 2. The maximum Gasteiger partial charge on any atom is 0.304 e. The quantitative estimate of drug-likeness (QED) is 0.430. The molecule has 7 nitrogen and oxygen atoms in total. The summed E-state index contributed by atoms with van der Waals surface area (Å²) in [5.41, 5.74) is 2.78. The number of nitrogens with one attached hydrogen (secondary N) is 1. The Labute approximate surface area is 172 Å². The Morgan fingerprint density at radius 3 is 2.50 bits per heavy atom. The number of rotatable bonds is 8. The highest BCUT2D eigenvalue weighted by molar-refractivity contribution is 6.74. The molecule has 154 valence electrons. The van der Waals surface area contributed by atoms with Crippen molar-refractivity contribution in [2.45, 2.75) is 45.8 Å². The van der Waals surface area contributed by atoms with Crippen molar-refractivity contribution in [2.75, 3.05) is 19.2 Å². The van der Waals surface area contributed by atoms with Gasteiger partial charge in [0.2, 0.25) is 0 Å². The van der Waals surface area contributed by atoms with E-state index in [9.17, 15) is 0 Å². The monoisotopic (exact) mass is 425 g/mol. The fourth-order valence-corrected chi connectivity index (χ4v) is 2.90. The molecule has 0 aliphatic heterocycles. The van der Waals surface area contributed by atoms with Crippen LogP contribution in [-0.2, 0) is 4.84 Å². The lowest BCUT2D eigenvalue weighted by molar-refractivity contribution is 0.207. The van der Waals surface area contributed by atoms with E-state index in [2.05, 4.69) is 49.3 Å². The summed E-state index contributed by atoms with van der Waals surface area (Å²) in [6, 6.07) is 5.41. The zero-order valence-corrected chi connectivity index (χ0v) is 19.2. The standard InChI is InChI=1S/C19H28ClN3O4Si/c1-8-25-23-17-16(26-15-11-13(24-5)9-10-14(15)20)12-21-18(22-17)27-28(6,7)19(2,3)4/h9-12H,8H2,1-7H3,(H,21,22,23). The SMILES string of the molecule is CCONc1nc(O[Si](C)(C)C(C)(C)C)ncc1Oc1cc(OC)ccc1Cl. The number of hydrogen-bond donors (Lipinski definition) is 1. The average molecular weight is 426 g/mol. The molecule has 0 fully saturated rings. The molecule has 0 bridgehead atoms. The molecule has 0 radical (unpaired) electrons. The Balaban J connectivity index is 2.34. The number of aromatic nitrogens is 2. The summed E-state index contributed by atoms with van der Waals surface area (Å²) >= 11 is 6.24. The van der Waals surface area contributed by atoms with Crippen molar-refractivity contribution in [1.29, 1.82) is 0 Å². The van der Waals surface area contributed by atoms with E-state index in [-0.39, 0.29) is 11.0 Å². The first-order valence-corrected chi connectivity index (χ1v) is 12.3. The maximum absolute atomic E-state index is 6.24. The van der Waals surface area contributed by atoms with Gasteiger partial charge < -0.3 is 13.9 Å². The number of halogens is 1. The van der Waals surface area contributed by atoms with Crippen LogP contribution in [0.2, 0.25) is 23.2 Å². The summed E-state index contributed by atoms with van der Waals surface area (Å²) in [4.78, 5) is 14.1. The lowest BCUT2D eigenvalue weighted by atomic mass is 10.2. The van der Waals surface area contributed by atoms with Crippen LogP contribution in [-0.4, -0.2) is 32.0 Å². The lowest BCUT2D eigenvalue weighted by Crippen LogP contribution is -2.44. The summed E-state index contributed by atoms with van der Waals surface area (Å²) in [6.45, 7) is 13.0. The highest BCUT2D eigenvalue weighted by Crippen LogP contribution is 2.38. The summed E-state index contributed by atoms with van der Waals surface area (Å²) < 4.78 is 17.3. The smallest absolute Gasteiger partial charge is 0.304 e. The first kappa shape index (κ1) is 22.3. The highest BCUT2D eigenvalue weighted by Gasteiger charge is 2.39. The summed E-state index contributed by atoms with van der Waals surface area (Å²) in [5.74, 6) is 1.75. The predicted octanol–water partition coefficient (Wildman–Crippen LogP) is 5.68. The molecule has 2 aromatic rings. The molecular formula is C19H28ClN3O4Si. The third kappa shape index (κ3) is 5.49. The zero-order chi connectivity index (χ0) is 20.9. The third-order valence-corrected chi connectivity index (χ3v) is 9.17. The Hall–Kier alpha value is -2.03. The average Bonchev–Trinajstić information content (AvgIpc) is 2.62. The molecule has 0 saturated carbocycles. The van der Waals surface area contributed by atoms with Crippen molar-refractivity contribution in [3.05, 3.63) is 29.4 Å². The Kier molecular flexibility index (Phi) is 7.14. The van der Waals surface area contributed by atoms with Crippen LogP contribution >= 0.6 is 11.6 Å². The molecule has 0 amide bonds. The predicted molar refractivity (Wildman–Crippen MR) is 113 cm³/mol. The first-order valence-electron chi connectivity index (χ1n) is 9.02. The molecule has 1 aromatic heterocycles. The van der Waals surface area contributed by atoms with Crippen molar-refractivity contribution >= 4 is 25.7 Å². The number of anilines is 1. The van der Waals surface area contributed by atoms with Gasteiger partial charge in [-0.3, -0.25) is 4.84 Å².